The Balaban J connectivity index is 1.83. The standard InChI is InChI=1S/C20H21N3O3S/c1-4-23-16-7-5-6-8-17(16)27-20(3,19(23)26)18(25)22-15-11-9-14(10-12-15)21-13(2)24/h5-12H,4H2,1-3H3,(H,21,24)(H,22,25). The zero-order chi connectivity index (χ0) is 19.6. The Bertz CT molecular complexity index is 898. The van der Waals surface area contributed by atoms with E-state index < -0.39 is 4.75 Å². The number of fused-ring (bicyclic) bond motifs is 1. The molecule has 27 heavy (non-hydrogen) atoms. The Hall–Kier alpha value is -2.80. The molecule has 3 amide bonds. The number of carbonyl (C=O) groups is 3. The Morgan fingerprint density at radius 2 is 1.63 bits per heavy atom. The molecule has 6 nitrogen and oxygen atoms in total. The van der Waals surface area contributed by atoms with Crippen molar-refractivity contribution in [3.63, 3.8) is 0 Å². The van der Waals surface area contributed by atoms with Gasteiger partial charge in [-0.05, 0) is 50.2 Å². The third-order valence-electron chi connectivity index (χ3n) is 4.34. The molecular formula is C20H21N3O3S. The number of amides is 3. The lowest BCUT2D eigenvalue weighted by atomic mass is 10.1. The first-order valence-electron chi connectivity index (χ1n) is 8.64. The molecule has 0 bridgehead atoms. The van der Waals surface area contributed by atoms with Crippen molar-refractivity contribution in [3.8, 4) is 0 Å². The predicted molar refractivity (Wildman–Crippen MR) is 108 cm³/mol. The van der Waals surface area contributed by atoms with Gasteiger partial charge in [0.15, 0.2) is 4.75 Å². The van der Waals surface area contributed by atoms with Crippen LogP contribution in [0.3, 0.4) is 0 Å². The number of nitrogens with one attached hydrogen (secondary N) is 2. The number of benzene rings is 2. The first-order chi connectivity index (χ1) is 12.8. The van der Waals surface area contributed by atoms with Crippen LogP contribution in [0.5, 0.6) is 0 Å². The van der Waals surface area contributed by atoms with Gasteiger partial charge in [-0.1, -0.05) is 23.9 Å². The van der Waals surface area contributed by atoms with Gasteiger partial charge >= 0.3 is 0 Å². The average Bonchev–Trinajstić information content (AvgIpc) is 2.64. The molecule has 0 spiro atoms. The molecular weight excluding hydrogens is 362 g/mol. The summed E-state index contributed by atoms with van der Waals surface area (Å²) in [6.45, 7) is 5.47. The van der Waals surface area contributed by atoms with E-state index in [2.05, 4.69) is 10.6 Å². The maximum atomic E-state index is 13.0. The van der Waals surface area contributed by atoms with Gasteiger partial charge < -0.3 is 15.5 Å². The zero-order valence-electron chi connectivity index (χ0n) is 15.4. The average molecular weight is 383 g/mol. The second-order valence-corrected chi connectivity index (χ2v) is 7.83. The summed E-state index contributed by atoms with van der Waals surface area (Å²) in [4.78, 5) is 39.7. The minimum atomic E-state index is -1.26. The normalized spacial score (nSPS) is 18.6. The summed E-state index contributed by atoms with van der Waals surface area (Å²) in [5.41, 5.74) is 2.03. The van der Waals surface area contributed by atoms with E-state index in [-0.39, 0.29) is 17.7 Å². The van der Waals surface area contributed by atoms with Gasteiger partial charge in [-0.25, -0.2) is 0 Å². The maximum absolute atomic E-state index is 13.0. The van der Waals surface area contributed by atoms with E-state index in [1.54, 1.807) is 36.1 Å². The molecule has 0 aliphatic carbocycles. The lowest BCUT2D eigenvalue weighted by molar-refractivity contribution is -0.128. The van der Waals surface area contributed by atoms with Crippen LogP contribution >= 0.6 is 11.8 Å². The first kappa shape index (κ1) is 19.0. The highest BCUT2D eigenvalue weighted by Gasteiger charge is 2.48. The Kier molecular flexibility index (Phi) is 5.23. The number of anilines is 3. The predicted octanol–water partition coefficient (Wildman–Crippen LogP) is 3.50. The van der Waals surface area contributed by atoms with Gasteiger partial charge in [-0.2, -0.15) is 0 Å². The van der Waals surface area contributed by atoms with E-state index in [1.165, 1.54) is 18.7 Å². The van der Waals surface area contributed by atoms with Gasteiger partial charge in [0.25, 0.3) is 5.91 Å². The van der Waals surface area contributed by atoms with E-state index in [0.29, 0.717) is 17.9 Å². The molecule has 2 N–H and O–H groups in total. The monoisotopic (exact) mass is 383 g/mol. The largest absolute Gasteiger partial charge is 0.326 e. The molecule has 7 heteroatoms. The number of nitrogens with zero attached hydrogens (tertiary/aromatic N) is 1. The second-order valence-electron chi connectivity index (χ2n) is 6.37. The number of thioether (sulfide) groups is 1. The molecule has 1 atom stereocenters. The van der Waals surface area contributed by atoms with Crippen LogP contribution in [0.25, 0.3) is 0 Å². The lowest BCUT2D eigenvalue weighted by Gasteiger charge is -2.38. The number of hydrogen-bond donors (Lipinski definition) is 2. The number of para-hydroxylation sites is 1. The molecule has 1 heterocycles. The smallest absolute Gasteiger partial charge is 0.252 e. The van der Waals surface area contributed by atoms with Crippen molar-refractivity contribution < 1.29 is 14.4 Å². The molecule has 3 rings (SSSR count). The van der Waals surface area contributed by atoms with Crippen LogP contribution in [0, 0.1) is 0 Å². The molecule has 140 valence electrons. The van der Waals surface area contributed by atoms with E-state index in [1.807, 2.05) is 31.2 Å². The van der Waals surface area contributed by atoms with Gasteiger partial charge in [0, 0.05) is 29.7 Å². The van der Waals surface area contributed by atoms with E-state index in [9.17, 15) is 14.4 Å². The molecule has 0 aromatic heterocycles. The van der Waals surface area contributed by atoms with Crippen molar-refractivity contribution in [2.45, 2.75) is 30.4 Å². The summed E-state index contributed by atoms with van der Waals surface area (Å²) < 4.78 is -1.26. The molecule has 0 saturated carbocycles. The minimum absolute atomic E-state index is 0.165. The number of rotatable bonds is 4. The summed E-state index contributed by atoms with van der Waals surface area (Å²) in [6.07, 6.45) is 0. The van der Waals surface area contributed by atoms with Crippen molar-refractivity contribution in [3.05, 3.63) is 48.5 Å². The summed E-state index contributed by atoms with van der Waals surface area (Å²) in [5.74, 6) is -0.777. The highest BCUT2D eigenvalue weighted by atomic mass is 32.2. The number of hydrogen-bond acceptors (Lipinski definition) is 4. The van der Waals surface area contributed by atoms with Gasteiger partial charge in [0.05, 0.1) is 5.69 Å². The van der Waals surface area contributed by atoms with Crippen LogP contribution in [-0.2, 0) is 14.4 Å². The molecule has 2 aromatic rings. The summed E-state index contributed by atoms with van der Waals surface area (Å²) in [5, 5.41) is 5.49. The summed E-state index contributed by atoms with van der Waals surface area (Å²) in [7, 11) is 0. The second kappa shape index (κ2) is 7.44. The van der Waals surface area contributed by atoms with Crippen LogP contribution < -0.4 is 15.5 Å². The molecule has 0 fully saturated rings. The molecule has 0 radical (unpaired) electrons. The molecule has 1 aliphatic heterocycles. The van der Waals surface area contributed by atoms with Crippen LogP contribution in [0.2, 0.25) is 0 Å². The fraction of sp³-hybridized carbons (Fsp3) is 0.250. The molecule has 1 aliphatic rings. The van der Waals surface area contributed by atoms with Crippen LogP contribution in [0.1, 0.15) is 20.8 Å². The third-order valence-corrected chi connectivity index (χ3v) is 5.67. The molecule has 1 unspecified atom stereocenters. The van der Waals surface area contributed by atoms with Crippen LogP contribution in [0.15, 0.2) is 53.4 Å². The fourth-order valence-electron chi connectivity index (χ4n) is 2.94. The maximum Gasteiger partial charge on any atom is 0.252 e. The Labute approximate surface area is 162 Å². The van der Waals surface area contributed by atoms with Gasteiger partial charge in [0.1, 0.15) is 0 Å². The lowest BCUT2D eigenvalue weighted by Crippen LogP contribution is -2.54. The third kappa shape index (κ3) is 3.68. The van der Waals surface area contributed by atoms with Crippen LogP contribution in [0.4, 0.5) is 17.1 Å². The van der Waals surface area contributed by atoms with E-state index >= 15 is 0 Å². The van der Waals surface area contributed by atoms with Gasteiger partial charge in [-0.15, -0.1) is 0 Å². The molecule has 2 aromatic carbocycles. The Morgan fingerprint density at radius 1 is 1.04 bits per heavy atom. The topological polar surface area (TPSA) is 78.5 Å². The zero-order valence-corrected chi connectivity index (χ0v) is 16.2. The highest BCUT2D eigenvalue weighted by molar-refractivity contribution is 8.02. The van der Waals surface area contributed by atoms with Crippen molar-refractivity contribution in [1.82, 2.24) is 0 Å². The van der Waals surface area contributed by atoms with Crippen molar-refractivity contribution in [2.75, 3.05) is 22.1 Å². The highest BCUT2D eigenvalue weighted by Crippen LogP contribution is 2.45. The van der Waals surface area contributed by atoms with Crippen molar-refractivity contribution in [1.29, 1.82) is 0 Å². The van der Waals surface area contributed by atoms with E-state index in [4.69, 9.17) is 0 Å². The Morgan fingerprint density at radius 3 is 2.22 bits per heavy atom. The van der Waals surface area contributed by atoms with Crippen molar-refractivity contribution >= 4 is 46.5 Å². The van der Waals surface area contributed by atoms with Crippen LogP contribution in [-0.4, -0.2) is 29.0 Å². The first-order valence-corrected chi connectivity index (χ1v) is 9.46. The van der Waals surface area contributed by atoms with Gasteiger partial charge in [-0.3, -0.25) is 14.4 Å². The fourth-order valence-corrected chi connectivity index (χ4v) is 4.16. The quantitative estimate of drug-likeness (QED) is 0.792. The van der Waals surface area contributed by atoms with E-state index in [0.717, 1.165) is 10.6 Å². The number of carbonyl (C=O) groups excluding carboxylic acids is 3. The van der Waals surface area contributed by atoms with Gasteiger partial charge in [0.2, 0.25) is 11.8 Å². The SMILES string of the molecule is CCN1C(=O)C(C)(C(=O)Nc2ccc(NC(C)=O)cc2)Sc2ccccc21. The summed E-state index contributed by atoms with van der Waals surface area (Å²) >= 11 is 1.27. The van der Waals surface area contributed by atoms with Crippen molar-refractivity contribution in [2.24, 2.45) is 0 Å². The molecule has 0 saturated heterocycles. The minimum Gasteiger partial charge on any atom is -0.326 e. The summed E-state index contributed by atoms with van der Waals surface area (Å²) in [6, 6.07) is 14.4.